The maximum absolute atomic E-state index is 4.56. The molecule has 0 radical (unpaired) electrons. The summed E-state index contributed by atoms with van der Waals surface area (Å²) < 4.78 is 0. The molecule has 0 saturated carbocycles. The molecule has 0 aliphatic heterocycles. The van der Waals surface area contributed by atoms with Crippen molar-refractivity contribution in [3.63, 3.8) is 0 Å². The number of hydrogen-bond donors (Lipinski definition) is 1. The maximum Gasteiger partial charge on any atom is 0.206 e. The van der Waals surface area contributed by atoms with Crippen LogP contribution in [0.5, 0.6) is 0 Å². The predicted molar refractivity (Wildman–Crippen MR) is 81.8 cm³/mol. The predicted octanol–water partition coefficient (Wildman–Crippen LogP) is 3.65. The summed E-state index contributed by atoms with van der Waals surface area (Å²) in [4.78, 5) is 5.72. The van der Waals surface area contributed by atoms with E-state index < -0.39 is 0 Å². The zero-order valence-corrected chi connectivity index (χ0v) is 13.1. The number of aryl methyl sites for hydroxylation is 1. The summed E-state index contributed by atoms with van der Waals surface area (Å²) in [6, 6.07) is 0. The number of thiazole rings is 1. The molecule has 2 heterocycles. The maximum atomic E-state index is 4.56. The van der Waals surface area contributed by atoms with Gasteiger partial charge in [0.2, 0.25) is 5.13 Å². The third kappa shape index (κ3) is 3.21. The molecule has 7 heteroatoms. The van der Waals surface area contributed by atoms with E-state index in [0.29, 0.717) is 0 Å². The van der Waals surface area contributed by atoms with Gasteiger partial charge in [-0.2, -0.15) is 11.8 Å². The molecule has 4 nitrogen and oxygen atoms in total. The van der Waals surface area contributed by atoms with E-state index in [1.807, 2.05) is 6.92 Å². The minimum absolute atomic E-state index is 0.895. The van der Waals surface area contributed by atoms with Gasteiger partial charge in [0.15, 0.2) is 5.01 Å². The molecule has 1 N–H and O–H groups in total. The smallest absolute Gasteiger partial charge is 0.206 e. The molecule has 0 fully saturated rings. The van der Waals surface area contributed by atoms with Gasteiger partial charge in [-0.1, -0.05) is 18.3 Å². The van der Waals surface area contributed by atoms with Crippen molar-refractivity contribution < 1.29 is 0 Å². The van der Waals surface area contributed by atoms with Gasteiger partial charge in [-0.15, -0.1) is 21.5 Å². The summed E-state index contributed by atoms with van der Waals surface area (Å²) in [6.45, 7) is 5.11. The molecular formula is C11H16N4S3. The molecule has 2 rings (SSSR count). The Kier molecular flexibility index (Phi) is 4.96. The molecule has 2 aromatic rings. The lowest BCUT2D eigenvalue weighted by atomic mass is 10.4. The molecule has 18 heavy (non-hydrogen) atoms. The van der Waals surface area contributed by atoms with Crippen LogP contribution in [0.4, 0.5) is 5.13 Å². The quantitative estimate of drug-likeness (QED) is 0.882. The van der Waals surface area contributed by atoms with Crippen LogP contribution in [0.2, 0.25) is 0 Å². The van der Waals surface area contributed by atoms with Crippen LogP contribution in [0.3, 0.4) is 0 Å². The van der Waals surface area contributed by atoms with Crippen LogP contribution < -0.4 is 5.32 Å². The summed E-state index contributed by atoms with van der Waals surface area (Å²) in [5.41, 5.74) is 1.06. The topological polar surface area (TPSA) is 50.7 Å². The summed E-state index contributed by atoms with van der Waals surface area (Å²) in [6.07, 6.45) is 3.18. The first-order valence-electron chi connectivity index (χ1n) is 5.77. The minimum atomic E-state index is 0.895. The van der Waals surface area contributed by atoms with Gasteiger partial charge in [0, 0.05) is 12.3 Å². The van der Waals surface area contributed by atoms with Crippen LogP contribution in [-0.4, -0.2) is 28.0 Å². The Morgan fingerprint density at radius 2 is 2.11 bits per heavy atom. The lowest BCUT2D eigenvalue weighted by Crippen LogP contribution is -1.98. The lowest BCUT2D eigenvalue weighted by molar-refractivity contribution is 0.964. The molecule has 0 amide bonds. The van der Waals surface area contributed by atoms with E-state index in [4.69, 9.17) is 0 Å². The van der Waals surface area contributed by atoms with Crippen molar-refractivity contribution in [1.29, 1.82) is 0 Å². The number of aromatic nitrogens is 3. The Morgan fingerprint density at radius 1 is 1.28 bits per heavy atom. The zero-order valence-electron chi connectivity index (χ0n) is 10.7. The molecule has 0 saturated heterocycles. The van der Waals surface area contributed by atoms with Crippen molar-refractivity contribution in [2.75, 3.05) is 18.1 Å². The van der Waals surface area contributed by atoms with Gasteiger partial charge >= 0.3 is 0 Å². The molecule has 0 aliphatic carbocycles. The fourth-order valence-electron chi connectivity index (χ4n) is 1.45. The van der Waals surface area contributed by atoms with Gasteiger partial charge in [-0.25, -0.2) is 4.98 Å². The van der Waals surface area contributed by atoms with E-state index in [1.54, 1.807) is 34.4 Å². The Hall–Kier alpha value is -0.660. The Bertz CT molecular complexity index is 506. The highest BCUT2D eigenvalue weighted by Crippen LogP contribution is 2.34. The average Bonchev–Trinajstić information content (AvgIpc) is 2.94. The summed E-state index contributed by atoms with van der Waals surface area (Å²) in [7, 11) is 0. The van der Waals surface area contributed by atoms with E-state index in [2.05, 4.69) is 33.7 Å². The van der Waals surface area contributed by atoms with Crippen LogP contribution in [0, 0.1) is 6.92 Å². The summed E-state index contributed by atoms with van der Waals surface area (Å²) in [5, 5.41) is 14.7. The summed E-state index contributed by atoms with van der Waals surface area (Å²) in [5.74, 6) is 0.964. The van der Waals surface area contributed by atoms with E-state index in [1.165, 1.54) is 0 Å². The van der Waals surface area contributed by atoms with Gasteiger partial charge in [-0.3, -0.25) is 0 Å². The van der Waals surface area contributed by atoms with Crippen molar-refractivity contribution in [2.24, 2.45) is 0 Å². The number of nitrogens with zero attached hydrogens (tertiary/aromatic N) is 3. The van der Waals surface area contributed by atoms with Crippen molar-refractivity contribution in [1.82, 2.24) is 15.2 Å². The Balaban J connectivity index is 2.17. The standard InChI is InChI=1S/C11H16N4S3/c1-4-5-12-11-15-14-10(18-11)9-7(2)13-8(17-9)6-16-3/h4-6H2,1-3H3,(H,12,15). The molecule has 0 aliphatic rings. The number of anilines is 1. The molecular weight excluding hydrogens is 284 g/mol. The molecule has 0 unspecified atom stereocenters. The van der Waals surface area contributed by atoms with E-state index in [9.17, 15) is 0 Å². The molecule has 0 aromatic carbocycles. The highest BCUT2D eigenvalue weighted by Gasteiger charge is 2.14. The van der Waals surface area contributed by atoms with E-state index in [0.717, 1.165) is 44.4 Å². The van der Waals surface area contributed by atoms with E-state index in [-0.39, 0.29) is 0 Å². The van der Waals surface area contributed by atoms with Gasteiger partial charge < -0.3 is 5.32 Å². The number of rotatable bonds is 6. The molecule has 0 spiro atoms. The average molecular weight is 300 g/mol. The first kappa shape index (κ1) is 13.8. The number of thioether (sulfide) groups is 1. The van der Waals surface area contributed by atoms with Crippen molar-refractivity contribution in [3.05, 3.63) is 10.7 Å². The van der Waals surface area contributed by atoms with Crippen molar-refractivity contribution >= 4 is 39.6 Å². The molecule has 2 aromatic heterocycles. The van der Waals surface area contributed by atoms with E-state index >= 15 is 0 Å². The third-order valence-electron chi connectivity index (χ3n) is 2.25. The van der Waals surface area contributed by atoms with Gasteiger partial charge in [-0.05, 0) is 19.6 Å². The third-order valence-corrected chi connectivity index (χ3v) is 5.19. The van der Waals surface area contributed by atoms with Crippen LogP contribution in [0.15, 0.2) is 0 Å². The highest BCUT2D eigenvalue weighted by atomic mass is 32.2. The monoisotopic (exact) mass is 300 g/mol. The van der Waals surface area contributed by atoms with Crippen molar-refractivity contribution in [3.8, 4) is 9.88 Å². The molecule has 98 valence electrons. The van der Waals surface area contributed by atoms with Gasteiger partial charge in [0.1, 0.15) is 5.01 Å². The zero-order chi connectivity index (χ0) is 13.0. The largest absolute Gasteiger partial charge is 0.360 e. The van der Waals surface area contributed by atoms with Gasteiger partial charge in [0.25, 0.3) is 0 Å². The number of nitrogens with one attached hydrogen (secondary N) is 1. The highest BCUT2D eigenvalue weighted by molar-refractivity contribution is 7.97. The van der Waals surface area contributed by atoms with Crippen LogP contribution in [0.1, 0.15) is 24.0 Å². The lowest BCUT2D eigenvalue weighted by Gasteiger charge is -1.95. The second kappa shape index (κ2) is 6.49. The van der Waals surface area contributed by atoms with Crippen molar-refractivity contribution in [2.45, 2.75) is 26.0 Å². The summed E-state index contributed by atoms with van der Waals surface area (Å²) >= 11 is 5.12. The fourth-order valence-corrected chi connectivity index (χ4v) is 4.11. The SMILES string of the molecule is CCCNc1nnc(-c2sc(CSC)nc2C)s1. The molecule has 0 atom stereocenters. The molecule has 0 bridgehead atoms. The number of hydrogen-bond acceptors (Lipinski definition) is 7. The Labute approximate surface area is 119 Å². The van der Waals surface area contributed by atoms with Crippen LogP contribution in [0.25, 0.3) is 9.88 Å². The normalized spacial score (nSPS) is 10.8. The van der Waals surface area contributed by atoms with Crippen LogP contribution >= 0.6 is 34.4 Å². The second-order valence-corrected chi connectivity index (χ2v) is 6.72. The first-order chi connectivity index (χ1) is 8.74. The fraction of sp³-hybridized carbons (Fsp3) is 0.545. The minimum Gasteiger partial charge on any atom is -0.360 e. The first-order valence-corrected chi connectivity index (χ1v) is 8.80. The van der Waals surface area contributed by atoms with Gasteiger partial charge in [0.05, 0.1) is 10.6 Å². The van der Waals surface area contributed by atoms with Crippen LogP contribution in [-0.2, 0) is 5.75 Å². The Morgan fingerprint density at radius 3 is 2.83 bits per heavy atom. The second-order valence-electron chi connectivity index (χ2n) is 3.79.